The van der Waals surface area contributed by atoms with E-state index in [9.17, 15) is 0 Å². The fraction of sp³-hybridized carbons (Fsp3) is 0.182. The average Bonchev–Trinajstić information content (AvgIpc) is 2.82. The van der Waals surface area contributed by atoms with Gasteiger partial charge in [0.2, 0.25) is 0 Å². The Balaban J connectivity index is 2.04. The van der Waals surface area contributed by atoms with E-state index in [1.165, 1.54) is 0 Å². The fourth-order valence-electron chi connectivity index (χ4n) is 1.64. The third-order valence-corrected chi connectivity index (χ3v) is 3.16. The molecule has 0 atom stereocenters. The summed E-state index contributed by atoms with van der Waals surface area (Å²) in [6.07, 6.45) is 1.82. The van der Waals surface area contributed by atoms with Gasteiger partial charge in [0, 0.05) is 23.7 Å². The number of nitrogens with zero attached hydrogens (tertiary/aromatic N) is 1. The van der Waals surface area contributed by atoms with Crippen molar-refractivity contribution in [3.63, 3.8) is 0 Å². The standard InChI is InChI=1S/C11H10N2OS/c1-2-10-9(12-3-5-14-10)7-8(1)11-13-4-6-15-11/h1-2,4,6-7,12H,3,5H2. The summed E-state index contributed by atoms with van der Waals surface area (Å²) < 4.78 is 5.52. The highest BCUT2D eigenvalue weighted by Gasteiger charge is 2.10. The summed E-state index contributed by atoms with van der Waals surface area (Å²) in [4.78, 5) is 4.29. The number of hydrogen-bond acceptors (Lipinski definition) is 4. The number of fused-ring (bicyclic) bond motifs is 1. The molecule has 0 fully saturated rings. The molecule has 0 spiro atoms. The highest BCUT2D eigenvalue weighted by Crippen LogP contribution is 2.32. The van der Waals surface area contributed by atoms with Gasteiger partial charge in [-0.15, -0.1) is 11.3 Å². The maximum absolute atomic E-state index is 5.52. The van der Waals surface area contributed by atoms with Gasteiger partial charge in [-0.1, -0.05) is 0 Å². The Bertz CT molecular complexity index is 467. The SMILES string of the molecule is c1csc(-c2ccc3c(c2)NCCO3)n1. The molecule has 1 aromatic heterocycles. The van der Waals surface area contributed by atoms with Gasteiger partial charge in [-0.3, -0.25) is 0 Å². The maximum Gasteiger partial charge on any atom is 0.142 e. The lowest BCUT2D eigenvalue weighted by Crippen LogP contribution is -2.17. The van der Waals surface area contributed by atoms with Crippen molar-refractivity contribution >= 4 is 17.0 Å². The molecule has 15 heavy (non-hydrogen) atoms. The summed E-state index contributed by atoms with van der Waals surface area (Å²) in [7, 11) is 0. The number of nitrogens with one attached hydrogen (secondary N) is 1. The van der Waals surface area contributed by atoms with E-state index >= 15 is 0 Å². The minimum atomic E-state index is 0.740. The minimum Gasteiger partial charge on any atom is -0.490 e. The first-order valence-corrected chi connectivity index (χ1v) is 5.72. The molecule has 2 heterocycles. The van der Waals surface area contributed by atoms with Crippen LogP contribution in [0.1, 0.15) is 0 Å². The van der Waals surface area contributed by atoms with Crippen molar-refractivity contribution in [3.05, 3.63) is 29.8 Å². The Morgan fingerprint density at radius 1 is 1.40 bits per heavy atom. The lowest BCUT2D eigenvalue weighted by molar-refractivity contribution is 0.323. The molecule has 0 radical (unpaired) electrons. The van der Waals surface area contributed by atoms with E-state index in [4.69, 9.17) is 4.74 Å². The van der Waals surface area contributed by atoms with Gasteiger partial charge < -0.3 is 10.1 Å². The quantitative estimate of drug-likeness (QED) is 0.799. The van der Waals surface area contributed by atoms with Crippen LogP contribution in [0.25, 0.3) is 10.6 Å². The van der Waals surface area contributed by atoms with Crippen LogP contribution in [0, 0.1) is 0 Å². The van der Waals surface area contributed by atoms with Crippen molar-refractivity contribution in [1.82, 2.24) is 4.98 Å². The number of thiazole rings is 1. The van der Waals surface area contributed by atoms with Crippen LogP contribution in [0.15, 0.2) is 29.8 Å². The molecule has 0 saturated carbocycles. The molecule has 0 saturated heterocycles. The Morgan fingerprint density at radius 3 is 3.27 bits per heavy atom. The van der Waals surface area contributed by atoms with Crippen molar-refractivity contribution in [3.8, 4) is 16.3 Å². The number of hydrogen-bond donors (Lipinski definition) is 1. The molecule has 0 unspecified atom stereocenters. The Morgan fingerprint density at radius 2 is 2.40 bits per heavy atom. The molecule has 0 aliphatic carbocycles. The zero-order chi connectivity index (χ0) is 10.1. The predicted octanol–water partition coefficient (Wildman–Crippen LogP) is 2.61. The number of anilines is 1. The van der Waals surface area contributed by atoms with Crippen molar-refractivity contribution in [2.24, 2.45) is 0 Å². The Kier molecular flexibility index (Phi) is 2.07. The molecule has 2 aromatic rings. The van der Waals surface area contributed by atoms with E-state index in [1.54, 1.807) is 11.3 Å². The summed E-state index contributed by atoms with van der Waals surface area (Å²) in [5.41, 5.74) is 2.20. The van der Waals surface area contributed by atoms with Gasteiger partial charge >= 0.3 is 0 Å². The average molecular weight is 218 g/mol. The monoisotopic (exact) mass is 218 g/mol. The number of aromatic nitrogens is 1. The van der Waals surface area contributed by atoms with Crippen LogP contribution in [-0.4, -0.2) is 18.1 Å². The van der Waals surface area contributed by atoms with Crippen LogP contribution in [0.3, 0.4) is 0 Å². The van der Waals surface area contributed by atoms with Gasteiger partial charge in [0.15, 0.2) is 0 Å². The maximum atomic E-state index is 5.52. The van der Waals surface area contributed by atoms with E-state index < -0.39 is 0 Å². The third kappa shape index (κ3) is 1.57. The van der Waals surface area contributed by atoms with Gasteiger partial charge in [-0.05, 0) is 18.2 Å². The van der Waals surface area contributed by atoms with Crippen molar-refractivity contribution in [2.45, 2.75) is 0 Å². The Hall–Kier alpha value is -1.55. The highest BCUT2D eigenvalue weighted by molar-refractivity contribution is 7.13. The van der Waals surface area contributed by atoms with E-state index in [1.807, 2.05) is 23.7 Å². The summed E-state index contributed by atoms with van der Waals surface area (Å²) in [6.45, 7) is 1.61. The summed E-state index contributed by atoms with van der Waals surface area (Å²) in [5.74, 6) is 0.932. The predicted molar refractivity (Wildman–Crippen MR) is 61.5 cm³/mol. The van der Waals surface area contributed by atoms with Crippen LogP contribution in [-0.2, 0) is 0 Å². The van der Waals surface area contributed by atoms with Crippen LogP contribution >= 0.6 is 11.3 Å². The normalized spacial score (nSPS) is 13.9. The molecule has 1 aliphatic heterocycles. The molecular formula is C11H10N2OS. The van der Waals surface area contributed by atoms with Gasteiger partial charge in [0.1, 0.15) is 17.4 Å². The van der Waals surface area contributed by atoms with Crippen LogP contribution in [0.5, 0.6) is 5.75 Å². The first-order chi connectivity index (χ1) is 7.43. The zero-order valence-corrected chi connectivity index (χ0v) is 8.88. The Labute approximate surface area is 91.7 Å². The molecule has 1 N–H and O–H groups in total. The summed E-state index contributed by atoms with van der Waals surface area (Å²) >= 11 is 1.65. The molecule has 1 aromatic carbocycles. The summed E-state index contributed by atoms with van der Waals surface area (Å²) in [5, 5.41) is 6.35. The molecule has 1 aliphatic rings. The summed E-state index contributed by atoms with van der Waals surface area (Å²) in [6, 6.07) is 6.14. The molecule has 3 nitrogen and oxygen atoms in total. The van der Waals surface area contributed by atoms with Crippen molar-refractivity contribution in [1.29, 1.82) is 0 Å². The van der Waals surface area contributed by atoms with Crippen LogP contribution in [0.4, 0.5) is 5.69 Å². The van der Waals surface area contributed by atoms with E-state index in [2.05, 4.69) is 16.4 Å². The second kappa shape index (κ2) is 3.55. The molecule has 76 valence electrons. The minimum absolute atomic E-state index is 0.740. The van der Waals surface area contributed by atoms with Crippen molar-refractivity contribution < 1.29 is 4.74 Å². The number of benzene rings is 1. The molecule has 0 bridgehead atoms. The highest BCUT2D eigenvalue weighted by atomic mass is 32.1. The zero-order valence-electron chi connectivity index (χ0n) is 8.06. The molecule has 3 rings (SSSR count). The topological polar surface area (TPSA) is 34.1 Å². The van der Waals surface area contributed by atoms with E-state index in [-0.39, 0.29) is 0 Å². The molecule has 0 amide bonds. The van der Waals surface area contributed by atoms with E-state index in [0.717, 1.165) is 35.2 Å². The number of rotatable bonds is 1. The second-order valence-corrected chi connectivity index (χ2v) is 4.22. The van der Waals surface area contributed by atoms with Crippen LogP contribution < -0.4 is 10.1 Å². The van der Waals surface area contributed by atoms with Crippen molar-refractivity contribution in [2.75, 3.05) is 18.5 Å². The second-order valence-electron chi connectivity index (χ2n) is 3.32. The largest absolute Gasteiger partial charge is 0.490 e. The lowest BCUT2D eigenvalue weighted by atomic mass is 10.2. The van der Waals surface area contributed by atoms with Gasteiger partial charge in [-0.2, -0.15) is 0 Å². The van der Waals surface area contributed by atoms with E-state index in [0.29, 0.717) is 0 Å². The lowest BCUT2D eigenvalue weighted by Gasteiger charge is -2.19. The first kappa shape index (κ1) is 8.73. The molecule has 4 heteroatoms. The van der Waals surface area contributed by atoms with Gasteiger partial charge in [-0.25, -0.2) is 4.98 Å². The van der Waals surface area contributed by atoms with Gasteiger partial charge in [0.25, 0.3) is 0 Å². The third-order valence-electron chi connectivity index (χ3n) is 2.33. The smallest absolute Gasteiger partial charge is 0.142 e. The van der Waals surface area contributed by atoms with Crippen LogP contribution in [0.2, 0.25) is 0 Å². The fourth-order valence-corrected chi connectivity index (χ4v) is 2.28. The van der Waals surface area contributed by atoms with Gasteiger partial charge in [0.05, 0.1) is 5.69 Å². The first-order valence-electron chi connectivity index (χ1n) is 4.84. The molecular weight excluding hydrogens is 208 g/mol. The number of ether oxygens (including phenoxy) is 1.